The lowest BCUT2D eigenvalue weighted by atomic mass is 10.1. The molecule has 1 aliphatic rings. The zero-order chi connectivity index (χ0) is 15.3. The number of halogens is 1. The van der Waals surface area contributed by atoms with Crippen molar-refractivity contribution in [2.45, 2.75) is 37.2 Å². The summed E-state index contributed by atoms with van der Waals surface area (Å²) in [5.74, 6) is -0.402. The van der Waals surface area contributed by atoms with Gasteiger partial charge in [0.2, 0.25) is 10.0 Å². The van der Waals surface area contributed by atoms with Gasteiger partial charge in [-0.2, -0.15) is 0 Å². The number of rotatable bonds is 6. The Morgan fingerprint density at radius 2 is 2.05 bits per heavy atom. The first-order chi connectivity index (χ1) is 10.0. The quantitative estimate of drug-likeness (QED) is 0.832. The second kappa shape index (κ2) is 7.31. The fourth-order valence-corrected chi connectivity index (χ4v) is 3.57. The summed E-state index contributed by atoms with van der Waals surface area (Å²) in [5, 5.41) is 2.99. The van der Waals surface area contributed by atoms with Crippen molar-refractivity contribution in [2.75, 3.05) is 19.8 Å². The summed E-state index contributed by atoms with van der Waals surface area (Å²) >= 11 is 0. The largest absolute Gasteiger partial charge is 0.381 e. The van der Waals surface area contributed by atoms with E-state index in [1.807, 2.05) is 6.92 Å². The highest BCUT2D eigenvalue weighted by atomic mass is 32.2. The second-order valence-electron chi connectivity index (χ2n) is 5.04. The van der Waals surface area contributed by atoms with Crippen molar-refractivity contribution in [3.05, 3.63) is 29.6 Å². The van der Waals surface area contributed by atoms with Crippen molar-refractivity contribution in [3.63, 3.8) is 0 Å². The maximum atomic E-state index is 13.7. The monoisotopic (exact) mass is 316 g/mol. The predicted octanol–water partition coefficient (Wildman–Crippen LogP) is 1.39. The predicted molar refractivity (Wildman–Crippen MR) is 77.9 cm³/mol. The molecule has 0 radical (unpaired) electrons. The lowest BCUT2D eigenvalue weighted by Gasteiger charge is -2.23. The normalized spacial score (nSPS) is 17.0. The van der Waals surface area contributed by atoms with Gasteiger partial charge in [0.25, 0.3) is 0 Å². The van der Waals surface area contributed by atoms with Crippen LogP contribution in [0.5, 0.6) is 0 Å². The van der Waals surface area contributed by atoms with Gasteiger partial charge in [0.1, 0.15) is 5.82 Å². The molecule has 0 amide bonds. The Balaban J connectivity index is 2.14. The lowest BCUT2D eigenvalue weighted by molar-refractivity contribution is 0.0832. The van der Waals surface area contributed by atoms with Crippen LogP contribution in [0.25, 0.3) is 0 Å². The van der Waals surface area contributed by atoms with Crippen LogP contribution in [-0.2, 0) is 21.3 Å². The molecule has 2 N–H and O–H groups in total. The van der Waals surface area contributed by atoms with E-state index >= 15 is 0 Å². The summed E-state index contributed by atoms with van der Waals surface area (Å²) < 4.78 is 46.2. The van der Waals surface area contributed by atoms with Gasteiger partial charge in [0.15, 0.2) is 0 Å². The number of hydrogen-bond acceptors (Lipinski definition) is 4. The second-order valence-corrected chi connectivity index (χ2v) is 6.76. The molecule has 5 nitrogen and oxygen atoms in total. The van der Waals surface area contributed by atoms with E-state index < -0.39 is 15.8 Å². The highest BCUT2D eigenvalue weighted by molar-refractivity contribution is 7.89. The first kappa shape index (κ1) is 16.4. The number of ether oxygens (including phenoxy) is 1. The van der Waals surface area contributed by atoms with Crippen LogP contribution in [0.4, 0.5) is 4.39 Å². The molecule has 1 fully saturated rings. The molecular formula is C14H21FN2O3S. The van der Waals surface area contributed by atoms with Gasteiger partial charge in [-0.1, -0.05) is 6.92 Å². The minimum Gasteiger partial charge on any atom is -0.381 e. The van der Waals surface area contributed by atoms with Gasteiger partial charge in [0, 0.05) is 31.4 Å². The molecule has 0 saturated carbocycles. The summed E-state index contributed by atoms with van der Waals surface area (Å²) in [6.07, 6.45) is 1.31. The van der Waals surface area contributed by atoms with Gasteiger partial charge in [-0.3, -0.25) is 0 Å². The van der Waals surface area contributed by atoms with Crippen molar-refractivity contribution in [1.29, 1.82) is 0 Å². The Morgan fingerprint density at radius 1 is 1.33 bits per heavy atom. The van der Waals surface area contributed by atoms with Crippen molar-refractivity contribution in [1.82, 2.24) is 10.0 Å². The highest BCUT2D eigenvalue weighted by Crippen LogP contribution is 2.17. The van der Waals surface area contributed by atoms with Crippen LogP contribution in [0.1, 0.15) is 25.3 Å². The van der Waals surface area contributed by atoms with E-state index in [0.717, 1.165) is 0 Å². The van der Waals surface area contributed by atoms with Crippen molar-refractivity contribution < 1.29 is 17.5 Å². The van der Waals surface area contributed by atoms with Crippen LogP contribution < -0.4 is 10.0 Å². The fourth-order valence-electron chi connectivity index (χ4n) is 2.22. The molecule has 0 bridgehead atoms. The molecule has 1 aliphatic heterocycles. The molecule has 7 heteroatoms. The van der Waals surface area contributed by atoms with Gasteiger partial charge in [-0.05, 0) is 37.6 Å². The molecule has 0 atom stereocenters. The van der Waals surface area contributed by atoms with E-state index in [0.29, 0.717) is 44.7 Å². The summed E-state index contributed by atoms with van der Waals surface area (Å²) in [5.41, 5.74) is 0.353. The molecule has 21 heavy (non-hydrogen) atoms. The topological polar surface area (TPSA) is 67.4 Å². The molecular weight excluding hydrogens is 295 g/mol. The molecule has 0 aromatic heterocycles. The van der Waals surface area contributed by atoms with Crippen LogP contribution in [0.3, 0.4) is 0 Å². The zero-order valence-corrected chi connectivity index (χ0v) is 12.9. The Bertz CT molecular complexity index is 572. The molecule has 0 unspecified atom stereocenters. The average Bonchev–Trinajstić information content (AvgIpc) is 2.47. The molecule has 2 rings (SSSR count). The zero-order valence-electron chi connectivity index (χ0n) is 12.1. The van der Waals surface area contributed by atoms with Gasteiger partial charge in [-0.25, -0.2) is 17.5 Å². The molecule has 118 valence electrons. The number of benzene rings is 1. The Labute approximate surface area is 124 Å². The molecule has 1 aromatic carbocycles. The van der Waals surface area contributed by atoms with E-state index in [1.165, 1.54) is 18.2 Å². The Hall–Kier alpha value is -1.02. The first-order valence-electron chi connectivity index (χ1n) is 7.12. The smallest absolute Gasteiger partial charge is 0.240 e. The number of hydrogen-bond donors (Lipinski definition) is 2. The van der Waals surface area contributed by atoms with Gasteiger partial charge < -0.3 is 10.1 Å². The van der Waals surface area contributed by atoms with Crippen LogP contribution in [0.2, 0.25) is 0 Å². The van der Waals surface area contributed by atoms with Crippen molar-refractivity contribution >= 4 is 10.0 Å². The maximum absolute atomic E-state index is 13.7. The maximum Gasteiger partial charge on any atom is 0.240 e. The van der Waals surface area contributed by atoms with Crippen LogP contribution >= 0.6 is 0 Å². The van der Waals surface area contributed by atoms with Gasteiger partial charge in [-0.15, -0.1) is 0 Å². The molecule has 0 spiro atoms. The summed E-state index contributed by atoms with van der Waals surface area (Å²) in [7, 11) is -3.62. The van der Waals surface area contributed by atoms with Crippen LogP contribution in [0, 0.1) is 5.82 Å². The van der Waals surface area contributed by atoms with Gasteiger partial charge >= 0.3 is 0 Å². The van der Waals surface area contributed by atoms with E-state index in [2.05, 4.69) is 10.0 Å². The lowest BCUT2D eigenvalue weighted by Crippen LogP contribution is -2.38. The standard InChI is InChI=1S/C14H21FN2O3S/c1-2-16-10-11-9-13(3-4-14(11)15)21(18,19)17-12-5-7-20-8-6-12/h3-4,9,12,16-17H,2,5-8,10H2,1H3. The van der Waals surface area contributed by atoms with Crippen molar-refractivity contribution in [3.8, 4) is 0 Å². The third-order valence-electron chi connectivity index (χ3n) is 3.44. The van der Waals surface area contributed by atoms with Crippen LogP contribution in [-0.4, -0.2) is 34.2 Å². The fraction of sp³-hybridized carbons (Fsp3) is 0.571. The Morgan fingerprint density at radius 3 is 2.71 bits per heavy atom. The molecule has 0 aliphatic carbocycles. The SMILES string of the molecule is CCNCc1cc(S(=O)(=O)NC2CCOCC2)ccc1F. The average molecular weight is 316 g/mol. The third kappa shape index (κ3) is 4.47. The van der Waals surface area contributed by atoms with E-state index in [1.54, 1.807) is 0 Å². The van der Waals surface area contributed by atoms with E-state index in [4.69, 9.17) is 4.74 Å². The van der Waals surface area contributed by atoms with Crippen molar-refractivity contribution in [2.24, 2.45) is 0 Å². The number of nitrogens with one attached hydrogen (secondary N) is 2. The number of sulfonamides is 1. The van der Waals surface area contributed by atoms with Gasteiger partial charge in [0.05, 0.1) is 4.90 Å². The minimum absolute atomic E-state index is 0.100. The summed E-state index contributed by atoms with van der Waals surface area (Å²) in [4.78, 5) is 0.100. The molecule has 1 aromatic rings. The summed E-state index contributed by atoms with van der Waals surface area (Å²) in [6, 6.07) is 3.77. The highest BCUT2D eigenvalue weighted by Gasteiger charge is 2.22. The first-order valence-corrected chi connectivity index (χ1v) is 8.60. The molecule has 1 saturated heterocycles. The van der Waals surface area contributed by atoms with E-state index in [9.17, 15) is 12.8 Å². The van der Waals surface area contributed by atoms with Crippen LogP contribution in [0.15, 0.2) is 23.1 Å². The Kier molecular flexibility index (Phi) is 5.69. The summed E-state index contributed by atoms with van der Waals surface area (Å²) in [6.45, 7) is 4.02. The minimum atomic E-state index is -3.62. The molecule has 1 heterocycles. The third-order valence-corrected chi connectivity index (χ3v) is 4.95. The van der Waals surface area contributed by atoms with E-state index in [-0.39, 0.29) is 10.9 Å².